The molecule has 2 aromatic rings. The SMILES string of the molecule is CC.Cc1cn(C(C)C)c2ccncc12. The Morgan fingerprint density at radius 3 is 2.53 bits per heavy atom. The van der Waals surface area contributed by atoms with Crippen LogP contribution in [0.2, 0.25) is 0 Å². The number of pyridine rings is 1. The first-order chi connectivity index (χ1) is 7.20. The fraction of sp³-hybridized carbons (Fsp3) is 0.462. The van der Waals surface area contributed by atoms with Gasteiger partial charge in [-0.15, -0.1) is 0 Å². The van der Waals surface area contributed by atoms with Gasteiger partial charge in [0, 0.05) is 30.0 Å². The summed E-state index contributed by atoms with van der Waals surface area (Å²) in [7, 11) is 0. The summed E-state index contributed by atoms with van der Waals surface area (Å²) in [5.41, 5.74) is 2.58. The molecule has 0 aliphatic carbocycles. The number of rotatable bonds is 1. The van der Waals surface area contributed by atoms with Crippen molar-refractivity contribution in [3.63, 3.8) is 0 Å². The number of nitrogens with zero attached hydrogens (tertiary/aromatic N) is 2. The lowest BCUT2D eigenvalue weighted by atomic mass is 10.2. The standard InChI is InChI=1S/C11H14N2.C2H6/c1-8(2)13-7-9(3)10-6-12-5-4-11(10)13;1-2/h4-8H,1-3H3;1-2H3. The van der Waals surface area contributed by atoms with E-state index in [1.54, 1.807) is 0 Å². The molecule has 0 spiro atoms. The van der Waals surface area contributed by atoms with Crippen LogP contribution in [0.1, 0.15) is 39.3 Å². The first-order valence-corrected chi connectivity index (χ1v) is 5.61. The zero-order valence-corrected chi connectivity index (χ0v) is 10.3. The summed E-state index contributed by atoms with van der Waals surface area (Å²) in [5.74, 6) is 0. The summed E-state index contributed by atoms with van der Waals surface area (Å²) in [6.45, 7) is 10.5. The third-order valence-corrected chi connectivity index (χ3v) is 2.39. The lowest BCUT2D eigenvalue weighted by Crippen LogP contribution is -1.97. The third kappa shape index (κ3) is 2.20. The van der Waals surface area contributed by atoms with Gasteiger partial charge in [0.15, 0.2) is 0 Å². The molecule has 15 heavy (non-hydrogen) atoms. The highest BCUT2D eigenvalue weighted by molar-refractivity contribution is 5.82. The second kappa shape index (κ2) is 4.96. The van der Waals surface area contributed by atoms with Gasteiger partial charge in [-0.1, -0.05) is 13.8 Å². The van der Waals surface area contributed by atoms with Crippen LogP contribution in [-0.2, 0) is 0 Å². The largest absolute Gasteiger partial charge is 0.345 e. The highest BCUT2D eigenvalue weighted by Crippen LogP contribution is 2.22. The summed E-state index contributed by atoms with van der Waals surface area (Å²) in [5, 5.41) is 1.26. The quantitative estimate of drug-likeness (QED) is 0.687. The number of hydrogen-bond donors (Lipinski definition) is 0. The van der Waals surface area contributed by atoms with E-state index in [1.807, 2.05) is 26.2 Å². The summed E-state index contributed by atoms with van der Waals surface area (Å²) in [4.78, 5) is 4.13. The lowest BCUT2D eigenvalue weighted by Gasteiger charge is -2.08. The molecule has 0 amide bonds. The smallest absolute Gasteiger partial charge is 0.0516 e. The number of aromatic nitrogens is 2. The van der Waals surface area contributed by atoms with E-state index in [0.29, 0.717) is 6.04 Å². The molecule has 0 aromatic carbocycles. The number of fused-ring (bicyclic) bond motifs is 1. The lowest BCUT2D eigenvalue weighted by molar-refractivity contribution is 0.622. The van der Waals surface area contributed by atoms with Gasteiger partial charge in [-0.05, 0) is 32.4 Å². The zero-order chi connectivity index (χ0) is 11.4. The summed E-state index contributed by atoms with van der Waals surface area (Å²) < 4.78 is 2.28. The van der Waals surface area contributed by atoms with Crippen molar-refractivity contribution in [2.45, 2.75) is 40.7 Å². The first-order valence-electron chi connectivity index (χ1n) is 5.61. The van der Waals surface area contributed by atoms with E-state index >= 15 is 0 Å². The Bertz CT molecular complexity index is 427. The average molecular weight is 204 g/mol. The van der Waals surface area contributed by atoms with Gasteiger partial charge in [0.05, 0.1) is 5.52 Å². The van der Waals surface area contributed by atoms with Crippen molar-refractivity contribution in [1.82, 2.24) is 9.55 Å². The van der Waals surface area contributed by atoms with Gasteiger partial charge in [0.1, 0.15) is 0 Å². The summed E-state index contributed by atoms with van der Waals surface area (Å²) >= 11 is 0. The summed E-state index contributed by atoms with van der Waals surface area (Å²) in [6.07, 6.45) is 5.97. The van der Waals surface area contributed by atoms with Crippen molar-refractivity contribution in [3.05, 3.63) is 30.2 Å². The molecule has 0 aliphatic heterocycles. The van der Waals surface area contributed by atoms with Crippen molar-refractivity contribution in [2.24, 2.45) is 0 Å². The van der Waals surface area contributed by atoms with Crippen LogP contribution in [0, 0.1) is 6.92 Å². The Hall–Kier alpha value is -1.31. The van der Waals surface area contributed by atoms with Gasteiger partial charge in [0.2, 0.25) is 0 Å². The predicted molar refractivity (Wildman–Crippen MR) is 66.2 cm³/mol. The van der Waals surface area contributed by atoms with E-state index in [4.69, 9.17) is 0 Å². The molecule has 0 atom stereocenters. The fourth-order valence-corrected chi connectivity index (χ4v) is 1.69. The van der Waals surface area contributed by atoms with Crippen molar-refractivity contribution in [1.29, 1.82) is 0 Å². The van der Waals surface area contributed by atoms with Crippen LogP contribution in [0.15, 0.2) is 24.7 Å². The van der Waals surface area contributed by atoms with Crippen LogP contribution in [-0.4, -0.2) is 9.55 Å². The molecular weight excluding hydrogens is 184 g/mol. The molecular formula is C13H20N2. The molecule has 0 unspecified atom stereocenters. The van der Waals surface area contributed by atoms with Crippen LogP contribution in [0.3, 0.4) is 0 Å². The van der Waals surface area contributed by atoms with Crippen LogP contribution in [0.5, 0.6) is 0 Å². The molecule has 0 aliphatic rings. The van der Waals surface area contributed by atoms with Crippen LogP contribution >= 0.6 is 0 Å². The predicted octanol–water partition coefficient (Wildman–Crippen LogP) is 3.95. The average Bonchev–Trinajstić information content (AvgIpc) is 2.60. The highest BCUT2D eigenvalue weighted by Gasteiger charge is 2.06. The Kier molecular flexibility index (Phi) is 3.89. The summed E-state index contributed by atoms with van der Waals surface area (Å²) in [6, 6.07) is 2.58. The van der Waals surface area contributed by atoms with E-state index in [-0.39, 0.29) is 0 Å². The van der Waals surface area contributed by atoms with E-state index < -0.39 is 0 Å². The number of hydrogen-bond acceptors (Lipinski definition) is 1. The van der Waals surface area contributed by atoms with Crippen LogP contribution < -0.4 is 0 Å². The molecule has 0 saturated heterocycles. The van der Waals surface area contributed by atoms with Gasteiger partial charge in [-0.25, -0.2) is 0 Å². The van der Waals surface area contributed by atoms with Gasteiger partial charge >= 0.3 is 0 Å². The van der Waals surface area contributed by atoms with Crippen molar-refractivity contribution in [3.8, 4) is 0 Å². The Balaban J connectivity index is 0.000000531. The third-order valence-electron chi connectivity index (χ3n) is 2.39. The maximum absolute atomic E-state index is 4.13. The first kappa shape index (κ1) is 11.8. The molecule has 0 N–H and O–H groups in total. The van der Waals surface area contributed by atoms with Crippen molar-refractivity contribution >= 4 is 10.9 Å². The van der Waals surface area contributed by atoms with E-state index in [9.17, 15) is 0 Å². The molecule has 2 heterocycles. The van der Waals surface area contributed by atoms with Crippen LogP contribution in [0.4, 0.5) is 0 Å². The molecule has 0 bridgehead atoms. The van der Waals surface area contributed by atoms with Crippen molar-refractivity contribution < 1.29 is 0 Å². The van der Waals surface area contributed by atoms with Gasteiger partial charge < -0.3 is 4.57 Å². The topological polar surface area (TPSA) is 17.8 Å². The monoisotopic (exact) mass is 204 g/mol. The molecule has 2 aromatic heterocycles. The Morgan fingerprint density at radius 1 is 1.27 bits per heavy atom. The maximum Gasteiger partial charge on any atom is 0.0516 e. The van der Waals surface area contributed by atoms with Gasteiger partial charge in [-0.2, -0.15) is 0 Å². The van der Waals surface area contributed by atoms with E-state index in [2.05, 4.69) is 42.6 Å². The van der Waals surface area contributed by atoms with Gasteiger partial charge in [-0.3, -0.25) is 4.98 Å². The molecule has 0 saturated carbocycles. The second-order valence-corrected chi connectivity index (χ2v) is 3.71. The van der Waals surface area contributed by atoms with E-state index in [1.165, 1.54) is 16.5 Å². The second-order valence-electron chi connectivity index (χ2n) is 3.71. The Morgan fingerprint density at radius 2 is 1.93 bits per heavy atom. The van der Waals surface area contributed by atoms with Crippen LogP contribution in [0.25, 0.3) is 10.9 Å². The minimum Gasteiger partial charge on any atom is -0.345 e. The zero-order valence-electron chi connectivity index (χ0n) is 10.3. The molecule has 2 heteroatoms. The molecule has 2 rings (SSSR count). The van der Waals surface area contributed by atoms with E-state index in [0.717, 1.165) is 0 Å². The molecule has 2 nitrogen and oxygen atoms in total. The van der Waals surface area contributed by atoms with Gasteiger partial charge in [0.25, 0.3) is 0 Å². The Labute approximate surface area is 91.9 Å². The normalized spacial score (nSPS) is 10.3. The number of aryl methyl sites for hydroxylation is 1. The highest BCUT2D eigenvalue weighted by atomic mass is 15.0. The molecule has 82 valence electrons. The molecule has 0 radical (unpaired) electrons. The minimum absolute atomic E-state index is 0.513. The molecule has 0 fully saturated rings. The maximum atomic E-state index is 4.13. The fourth-order valence-electron chi connectivity index (χ4n) is 1.69. The minimum atomic E-state index is 0.513. The van der Waals surface area contributed by atoms with Crippen molar-refractivity contribution in [2.75, 3.05) is 0 Å².